The van der Waals surface area contributed by atoms with Gasteiger partial charge in [0.25, 0.3) is 0 Å². The molecule has 0 fully saturated rings. The Kier molecular flexibility index (Phi) is 2.81. The van der Waals surface area contributed by atoms with E-state index in [-0.39, 0.29) is 10.7 Å². The summed E-state index contributed by atoms with van der Waals surface area (Å²) in [4.78, 5) is 18.8. The van der Waals surface area contributed by atoms with Crippen molar-refractivity contribution in [1.29, 1.82) is 0 Å². The maximum absolute atomic E-state index is 11.0. The third kappa shape index (κ3) is 1.99. The first-order chi connectivity index (χ1) is 8.00. The highest BCUT2D eigenvalue weighted by molar-refractivity contribution is 6.29. The number of nitrogens with zero attached hydrogens (tertiary/aromatic N) is 4. The van der Waals surface area contributed by atoms with Crippen LogP contribution in [0.15, 0.2) is 12.4 Å². The van der Waals surface area contributed by atoms with Gasteiger partial charge in [-0.1, -0.05) is 11.6 Å². The van der Waals surface area contributed by atoms with Gasteiger partial charge in [-0.2, -0.15) is 5.10 Å². The molecule has 2 aromatic rings. The Morgan fingerprint density at radius 2 is 2.12 bits per heavy atom. The van der Waals surface area contributed by atoms with Crippen molar-refractivity contribution >= 4 is 17.6 Å². The van der Waals surface area contributed by atoms with E-state index in [4.69, 9.17) is 16.7 Å². The van der Waals surface area contributed by atoms with Crippen LogP contribution in [0.5, 0.6) is 0 Å². The van der Waals surface area contributed by atoms with Gasteiger partial charge < -0.3 is 5.11 Å². The average molecular weight is 253 g/mol. The predicted molar refractivity (Wildman–Crippen MR) is 60.6 cm³/mol. The van der Waals surface area contributed by atoms with E-state index >= 15 is 0 Å². The van der Waals surface area contributed by atoms with Crippen LogP contribution >= 0.6 is 11.6 Å². The molecule has 7 heteroatoms. The molecule has 0 aliphatic heterocycles. The lowest BCUT2D eigenvalue weighted by molar-refractivity contribution is 0.0695. The summed E-state index contributed by atoms with van der Waals surface area (Å²) in [5, 5.41) is 13.5. The number of aryl methyl sites for hydroxylation is 1. The number of rotatable bonds is 2. The zero-order chi connectivity index (χ0) is 12.6. The predicted octanol–water partition coefficient (Wildman–Crippen LogP) is 1.63. The van der Waals surface area contributed by atoms with E-state index in [9.17, 15) is 4.79 Å². The van der Waals surface area contributed by atoms with Gasteiger partial charge in [0.1, 0.15) is 17.0 Å². The van der Waals surface area contributed by atoms with E-state index in [0.29, 0.717) is 17.2 Å². The molecular weight excluding hydrogens is 244 g/mol. The Balaban J connectivity index is 2.62. The summed E-state index contributed by atoms with van der Waals surface area (Å²) in [7, 11) is 0. The van der Waals surface area contributed by atoms with E-state index in [1.54, 1.807) is 13.8 Å². The first kappa shape index (κ1) is 11.5. The summed E-state index contributed by atoms with van der Waals surface area (Å²) < 4.78 is 1.44. The maximum atomic E-state index is 11.0. The SMILES string of the molecule is Cc1nn(-c2cc(Cl)ncn2)c(C)c1C(=O)O. The Bertz CT molecular complexity index is 594. The zero-order valence-corrected chi connectivity index (χ0v) is 9.93. The molecule has 6 nitrogen and oxygen atoms in total. The fourth-order valence-corrected chi connectivity index (χ4v) is 1.76. The molecule has 0 saturated heterocycles. The van der Waals surface area contributed by atoms with E-state index in [2.05, 4.69) is 15.1 Å². The van der Waals surface area contributed by atoms with Crippen molar-refractivity contribution in [2.75, 3.05) is 0 Å². The molecule has 0 saturated carbocycles. The molecule has 2 rings (SSSR count). The summed E-state index contributed by atoms with van der Waals surface area (Å²) in [6.07, 6.45) is 1.30. The van der Waals surface area contributed by atoms with Crippen molar-refractivity contribution in [1.82, 2.24) is 19.7 Å². The molecule has 1 N–H and O–H groups in total. The molecule has 0 bridgehead atoms. The van der Waals surface area contributed by atoms with Crippen LogP contribution in [0, 0.1) is 13.8 Å². The minimum Gasteiger partial charge on any atom is -0.478 e. The number of aromatic nitrogens is 4. The number of carboxylic acids is 1. The van der Waals surface area contributed by atoms with Crippen molar-refractivity contribution in [2.45, 2.75) is 13.8 Å². The second kappa shape index (κ2) is 4.14. The Labute approximate surface area is 102 Å². The van der Waals surface area contributed by atoms with Crippen molar-refractivity contribution in [3.63, 3.8) is 0 Å². The third-order valence-corrected chi connectivity index (χ3v) is 2.55. The molecule has 0 radical (unpaired) electrons. The van der Waals surface area contributed by atoms with Crippen molar-refractivity contribution in [2.24, 2.45) is 0 Å². The van der Waals surface area contributed by atoms with Crippen LogP contribution in [0.25, 0.3) is 5.82 Å². The van der Waals surface area contributed by atoms with E-state index in [1.165, 1.54) is 17.1 Å². The number of hydrogen-bond donors (Lipinski definition) is 1. The number of carbonyl (C=O) groups is 1. The normalized spacial score (nSPS) is 10.5. The topological polar surface area (TPSA) is 80.9 Å². The molecule has 0 aromatic carbocycles. The van der Waals surface area contributed by atoms with Crippen LogP contribution in [0.1, 0.15) is 21.7 Å². The molecular formula is C10H9ClN4O2. The van der Waals surface area contributed by atoms with Gasteiger partial charge in [0, 0.05) is 6.07 Å². The lowest BCUT2D eigenvalue weighted by Crippen LogP contribution is -2.04. The molecule has 0 spiro atoms. The Hall–Kier alpha value is -1.95. The molecule has 2 heterocycles. The van der Waals surface area contributed by atoms with Crippen LogP contribution < -0.4 is 0 Å². The Morgan fingerprint density at radius 1 is 1.41 bits per heavy atom. The highest BCUT2D eigenvalue weighted by atomic mass is 35.5. The minimum absolute atomic E-state index is 0.180. The highest BCUT2D eigenvalue weighted by Gasteiger charge is 2.19. The molecule has 0 atom stereocenters. The van der Waals surface area contributed by atoms with Crippen LogP contribution in [0.3, 0.4) is 0 Å². The highest BCUT2D eigenvalue weighted by Crippen LogP contribution is 2.17. The summed E-state index contributed by atoms with van der Waals surface area (Å²) >= 11 is 5.75. The monoisotopic (exact) mass is 252 g/mol. The standard InChI is InChI=1S/C10H9ClN4O2/c1-5-9(10(16)17)6(2)15(14-5)8-3-7(11)12-4-13-8/h3-4H,1-2H3,(H,16,17). The number of aromatic carboxylic acids is 1. The van der Waals surface area contributed by atoms with Gasteiger partial charge in [-0.05, 0) is 13.8 Å². The first-order valence-electron chi connectivity index (χ1n) is 4.78. The van der Waals surface area contributed by atoms with Crippen molar-refractivity contribution in [3.8, 4) is 5.82 Å². The quantitative estimate of drug-likeness (QED) is 0.822. The number of halogens is 1. The third-order valence-electron chi connectivity index (χ3n) is 2.34. The smallest absolute Gasteiger partial charge is 0.339 e. The molecule has 17 heavy (non-hydrogen) atoms. The average Bonchev–Trinajstić information content (AvgIpc) is 2.54. The summed E-state index contributed by atoms with van der Waals surface area (Å²) in [5.74, 6) is -0.565. The van der Waals surface area contributed by atoms with Crippen molar-refractivity contribution < 1.29 is 9.90 Å². The zero-order valence-electron chi connectivity index (χ0n) is 9.18. The Morgan fingerprint density at radius 3 is 2.65 bits per heavy atom. The van der Waals surface area contributed by atoms with Crippen LogP contribution in [-0.4, -0.2) is 30.8 Å². The van der Waals surface area contributed by atoms with Crippen molar-refractivity contribution in [3.05, 3.63) is 34.5 Å². The van der Waals surface area contributed by atoms with Gasteiger partial charge in [0.15, 0.2) is 5.82 Å². The molecule has 0 unspecified atom stereocenters. The lowest BCUT2D eigenvalue weighted by atomic mass is 10.2. The van der Waals surface area contributed by atoms with Gasteiger partial charge in [0.2, 0.25) is 0 Å². The number of hydrogen-bond acceptors (Lipinski definition) is 4. The largest absolute Gasteiger partial charge is 0.478 e. The van der Waals surface area contributed by atoms with E-state index in [0.717, 1.165) is 0 Å². The molecule has 2 aromatic heterocycles. The lowest BCUT2D eigenvalue weighted by Gasteiger charge is -2.02. The van der Waals surface area contributed by atoms with Gasteiger partial charge in [0.05, 0.1) is 11.4 Å². The molecule has 0 aliphatic carbocycles. The van der Waals surface area contributed by atoms with Gasteiger partial charge in [-0.15, -0.1) is 0 Å². The van der Waals surface area contributed by atoms with Gasteiger partial charge >= 0.3 is 5.97 Å². The van der Waals surface area contributed by atoms with Crippen LogP contribution in [0.2, 0.25) is 5.15 Å². The van der Waals surface area contributed by atoms with Gasteiger partial charge in [-0.25, -0.2) is 19.4 Å². The molecule has 0 amide bonds. The van der Waals surface area contributed by atoms with E-state index in [1.807, 2.05) is 0 Å². The second-order valence-electron chi connectivity index (χ2n) is 3.46. The minimum atomic E-state index is -1.01. The van der Waals surface area contributed by atoms with Crippen LogP contribution in [-0.2, 0) is 0 Å². The van der Waals surface area contributed by atoms with E-state index < -0.39 is 5.97 Å². The summed E-state index contributed by atoms with van der Waals surface area (Å²) in [6.45, 7) is 3.30. The molecule has 0 aliphatic rings. The number of carboxylic acid groups (broad SMARTS) is 1. The summed E-state index contributed by atoms with van der Waals surface area (Å²) in [6, 6.07) is 1.52. The molecule has 88 valence electrons. The van der Waals surface area contributed by atoms with Gasteiger partial charge in [-0.3, -0.25) is 0 Å². The summed E-state index contributed by atoms with van der Waals surface area (Å²) in [5.41, 5.74) is 1.12. The van der Waals surface area contributed by atoms with Crippen LogP contribution in [0.4, 0.5) is 0 Å². The maximum Gasteiger partial charge on any atom is 0.339 e. The fourth-order valence-electron chi connectivity index (χ4n) is 1.62. The second-order valence-corrected chi connectivity index (χ2v) is 3.85. The fraction of sp³-hybridized carbons (Fsp3) is 0.200. The first-order valence-corrected chi connectivity index (χ1v) is 5.16.